The number of nitrogens with two attached hydrogens (primary N) is 1. The summed E-state index contributed by atoms with van der Waals surface area (Å²) in [5, 5.41) is 0.511. The Balaban J connectivity index is 2.28. The van der Waals surface area contributed by atoms with E-state index in [2.05, 4.69) is 9.97 Å². The molecule has 0 fully saturated rings. The Hall–Kier alpha value is -1.82. The van der Waals surface area contributed by atoms with Gasteiger partial charge in [-0.1, -0.05) is 11.6 Å². The number of carbonyl (C=O) groups is 1. The molecule has 2 heterocycles. The molecule has 2 rings (SSSR count). The molecule has 2 aromatic rings. The maximum atomic E-state index is 11.5. The van der Waals surface area contributed by atoms with E-state index in [1.807, 2.05) is 0 Å². The SMILES string of the molecule is CN(C)C(=O)CCn1c(N)nc2cc(Cl)cnc21. The van der Waals surface area contributed by atoms with Gasteiger partial charge in [0.05, 0.1) is 5.02 Å². The zero-order chi connectivity index (χ0) is 13.3. The third kappa shape index (κ3) is 2.38. The van der Waals surface area contributed by atoms with Crippen molar-refractivity contribution < 1.29 is 4.79 Å². The van der Waals surface area contributed by atoms with Crippen molar-refractivity contribution in [2.45, 2.75) is 13.0 Å². The molecule has 7 heteroatoms. The first-order valence-corrected chi connectivity index (χ1v) is 5.84. The van der Waals surface area contributed by atoms with Crippen molar-refractivity contribution in [2.75, 3.05) is 19.8 Å². The Labute approximate surface area is 109 Å². The number of nitrogen functional groups attached to an aromatic ring is 1. The fourth-order valence-electron chi connectivity index (χ4n) is 1.66. The van der Waals surface area contributed by atoms with Gasteiger partial charge < -0.3 is 10.6 Å². The highest BCUT2D eigenvalue weighted by Crippen LogP contribution is 2.19. The summed E-state index contributed by atoms with van der Waals surface area (Å²) in [5.41, 5.74) is 7.09. The van der Waals surface area contributed by atoms with Crippen molar-refractivity contribution in [3.63, 3.8) is 0 Å². The normalized spacial score (nSPS) is 10.8. The number of aryl methyl sites for hydroxylation is 1. The van der Waals surface area contributed by atoms with Crippen molar-refractivity contribution >= 4 is 34.6 Å². The van der Waals surface area contributed by atoms with E-state index >= 15 is 0 Å². The number of rotatable bonds is 3. The number of fused-ring (bicyclic) bond motifs is 1. The predicted octanol–water partition coefficient (Wildman–Crippen LogP) is 1.15. The molecule has 0 unspecified atom stereocenters. The Kier molecular flexibility index (Phi) is 3.38. The number of aromatic nitrogens is 3. The van der Waals surface area contributed by atoms with Crippen LogP contribution >= 0.6 is 11.6 Å². The fourth-order valence-corrected chi connectivity index (χ4v) is 1.81. The first-order valence-electron chi connectivity index (χ1n) is 5.46. The molecule has 0 atom stereocenters. The van der Waals surface area contributed by atoms with E-state index in [1.165, 1.54) is 6.20 Å². The van der Waals surface area contributed by atoms with Crippen molar-refractivity contribution in [1.29, 1.82) is 0 Å². The third-order valence-electron chi connectivity index (χ3n) is 2.63. The summed E-state index contributed by atoms with van der Waals surface area (Å²) in [6, 6.07) is 1.70. The van der Waals surface area contributed by atoms with Crippen LogP contribution in [0.5, 0.6) is 0 Å². The Morgan fingerprint density at radius 3 is 2.94 bits per heavy atom. The average Bonchev–Trinajstić information content (AvgIpc) is 2.60. The Bertz CT molecular complexity index is 592. The van der Waals surface area contributed by atoms with E-state index in [0.717, 1.165) is 0 Å². The molecule has 0 spiro atoms. The van der Waals surface area contributed by atoms with Crippen LogP contribution in [0.3, 0.4) is 0 Å². The van der Waals surface area contributed by atoms with E-state index in [1.54, 1.807) is 29.6 Å². The molecule has 96 valence electrons. The lowest BCUT2D eigenvalue weighted by atomic mass is 10.3. The number of anilines is 1. The number of carbonyl (C=O) groups excluding carboxylic acids is 1. The Morgan fingerprint density at radius 2 is 2.28 bits per heavy atom. The highest BCUT2D eigenvalue weighted by atomic mass is 35.5. The second-order valence-corrected chi connectivity index (χ2v) is 4.59. The predicted molar refractivity (Wildman–Crippen MR) is 70.3 cm³/mol. The zero-order valence-electron chi connectivity index (χ0n) is 10.2. The van der Waals surface area contributed by atoms with Crippen molar-refractivity contribution in [3.8, 4) is 0 Å². The van der Waals surface area contributed by atoms with Crippen LogP contribution in [0.15, 0.2) is 12.3 Å². The quantitative estimate of drug-likeness (QED) is 0.905. The second-order valence-electron chi connectivity index (χ2n) is 4.16. The molecule has 0 radical (unpaired) electrons. The molecule has 18 heavy (non-hydrogen) atoms. The molecular formula is C11H14ClN5O. The maximum absolute atomic E-state index is 11.5. The van der Waals surface area contributed by atoms with Gasteiger partial charge in [0.1, 0.15) is 5.52 Å². The van der Waals surface area contributed by atoms with Gasteiger partial charge >= 0.3 is 0 Å². The summed E-state index contributed by atoms with van der Waals surface area (Å²) in [4.78, 5) is 21.4. The van der Waals surface area contributed by atoms with Gasteiger partial charge in [0.2, 0.25) is 11.9 Å². The van der Waals surface area contributed by atoms with Crippen LogP contribution in [-0.2, 0) is 11.3 Å². The molecule has 0 aliphatic heterocycles. The molecule has 2 N–H and O–H groups in total. The molecule has 1 amide bonds. The number of imidazole rings is 1. The zero-order valence-corrected chi connectivity index (χ0v) is 11.0. The van der Waals surface area contributed by atoms with E-state index in [4.69, 9.17) is 17.3 Å². The average molecular weight is 268 g/mol. The van der Waals surface area contributed by atoms with Crippen molar-refractivity contribution in [2.24, 2.45) is 0 Å². The molecule has 2 aromatic heterocycles. The van der Waals surface area contributed by atoms with E-state index in [-0.39, 0.29) is 5.91 Å². The monoisotopic (exact) mass is 267 g/mol. The molecule has 0 aromatic carbocycles. The lowest BCUT2D eigenvalue weighted by Crippen LogP contribution is -2.23. The van der Waals surface area contributed by atoms with Crippen LogP contribution in [0.2, 0.25) is 5.02 Å². The van der Waals surface area contributed by atoms with Crippen molar-refractivity contribution in [3.05, 3.63) is 17.3 Å². The van der Waals surface area contributed by atoms with Crippen molar-refractivity contribution in [1.82, 2.24) is 19.4 Å². The van der Waals surface area contributed by atoms with Crippen LogP contribution in [0.4, 0.5) is 5.95 Å². The highest BCUT2D eigenvalue weighted by Gasteiger charge is 2.12. The first-order chi connectivity index (χ1) is 8.49. The van der Waals surface area contributed by atoms with E-state index < -0.39 is 0 Å². The summed E-state index contributed by atoms with van der Waals surface area (Å²) < 4.78 is 1.72. The first kappa shape index (κ1) is 12.6. The molecule has 0 saturated carbocycles. The van der Waals surface area contributed by atoms with Crippen LogP contribution < -0.4 is 5.73 Å². The molecule has 0 aliphatic rings. The number of amides is 1. The largest absolute Gasteiger partial charge is 0.369 e. The third-order valence-corrected chi connectivity index (χ3v) is 2.84. The standard InChI is InChI=1S/C11H14ClN5O/c1-16(2)9(18)3-4-17-10-8(15-11(17)13)5-7(12)6-14-10/h5-6H,3-4H2,1-2H3,(H2,13,15). The molecule has 0 aliphatic carbocycles. The molecule has 6 nitrogen and oxygen atoms in total. The number of nitrogens with zero attached hydrogens (tertiary/aromatic N) is 4. The minimum atomic E-state index is 0.0326. The number of halogens is 1. The van der Waals surface area contributed by atoms with Gasteiger partial charge in [-0.3, -0.25) is 9.36 Å². The Morgan fingerprint density at radius 1 is 1.56 bits per heavy atom. The van der Waals surface area contributed by atoms with Gasteiger partial charge in [-0.2, -0.15) is 0 Å². The summed E-state index contributed by atoms with van der Waals surface area (Å²) >= 11 is 5.84. The molecule has 0 bridgehead atoms. The molecular weight excluding hydrogens is 254 g/mol. The van der Waals surface area contributed by atoms with Crippen LogP contribution in [0.25, 0.3) is 11.2 Å². The van der Waals surface area contributed by atoms with Crippen LogP contribution in [-0.4, -0.2) is 39.4 Å². The second kappa shape index (κ2) is 4.81. The number of pyridine rings is 1. The van der Waals surface area contributed by atoms with Crippen LogP contribution in [0, 0.1) is 0 Å². The highest BCUT2D eigenvalue weighted by molar-refractivity contribution is 6.31. The van der Waals surface area contributed by atoms with Crippen LogP contribution in [0.1, 0.15) is 6.42 Å². The van der Waals surface area contributed by atoms with Gasteiger partial charge in [-0.05, 0) is 6.07 Å². The smallest absolute Gasteiger partial charge is 0.223 e. The minimum absolute atomic E-state index is 0.0326. The summed E-state index contributed by atoms with van der Waals surface area (Å²) in [5.74, 6) is 0.372. The summed E-state index contributed by atoms with van der Waals surface area (Å²) in [7, 11) is 3.44. The van der Waals surface area contributed by atoms with E-state index in [9.17, 15) is 4.79 Å². The summed E-state index contributed by atoms with van der Waals surface area (Å²) in [6.07, 6.45) is 1.89. The lowest BCUT2D eigenvalue weighted by Gasteiger charge is -2.11. The topological polar surface area (TPSA) is 77.0 Å². The number of hydrogen-bond donors (Lipinski definition) is 1. The fraction of sp³-hybridized carbons (Fsp3) is 0.364. The van der Waals surface area contributed by atoms with Gasteiger partial charge in [-0.25, -0.2) is 9.97 Å². The molecule has 0 saturated heterocycles. The van der Waals surface area contributed by atoms with E-state index in [0.29, 0.717) is 35.1 Å². The number of hydrogen-bond acceptors (Lipinski definition) is 4. The van der Waals surface area contributed by atoms with Gasteiger partial charge in [0.15, 0.2) is 5.65 Å². The van der Waals surface area contributed by atoms with Gasteiger partial charge in [0, 0.05) is 33.3 Å². The van der Waals surface area contributed by atoms with Gasteiger partial charge in [0.25, 0.3) is 0 Å². The maximum Gasteiger partial charge on any atom is 0.223 e. The minimum Gasteiger partial charge on any atom is -0.369 e. The lowest BCUT2D eigenvalue weighted by molar-refractivity contribution is -0.128. The summed E-state index contributed by atoms with van der Waals surface area (Å²) in [6.45, 7) is 0.452. The van der Waals surface area contributed by atoms with Gasteiger partial charge in [-0.15, -0.1) is 0 Å².